The van der Waals surface area contributed by atoms with Crippen LogP contribution in [-0.2, 0) is 9.53 Å². The molecule has 0 saturated carbocycles. The molecule has 2 aromatic rings. The molecule has 0 aliphatic carbocycles. The molecule has 0 aliphatic heterocycles. The van der Waals surface area contributed by atoms with E-state index < -0.39 is 11.9 Å². The van der Waals surface area contributed by atoms with Crippen LogP contribution in [0.4, 0.5) is 11.4 Å². The first-order valence-electron chi connectivity index (χ1n) is 7.49. The van der Waals surface area contributed by atoms with Gasteiger partial charge < -0.3 is 15.8 Å². The summed E-state index contributed by atoms with van der Waals surface area (Å²) in [5.74, 6) is -0.773. The van der Waals surface area contributed by atoms with E-state index in [4.69, 9.17) is 22.1 Å². The van der Waals surface area contributed by atoms with Gasteiger partial charge in [-0.15, -0.1) is 0 Å². The summed E-state index contributed by atoms with van der Waals surface area (Å²) in [6.45, 7) is 3.69. The molecule has 0 heterocycles. The van der Waals surface area contributed by atoms with Gasteiger partial charge in [0.25, 0.3) is 5.91 Å². The number of hydrogen-bond acceptors (Lipinski definition) is 4. The SMILES string of the molecule is CC(C)c1ccccc1NC(=O)COC(=O)c1ccc(Cl)c(N)c1. The Bertz CT molecular complexity index is 760. The molecule has 0 aromatic heterocycles. The summed E-state index contributed by atoms with van der Waals surface area (Å²) in [5, 5.41) is 3.11. The van der Waals surface area contributed by atoms with E-state index in [9.17, 15) is 9.59 Å². The number of nitrogens with two attached hydrogens (primary N) is 1. The summed E-state index contributed by atoms with van der Waals surface area (Å²) in [6, 6.07) is 11.9. The van der Waals surface area contributed by atoms with E-state index in [1.54, 1.807) is 0 Å². The zero-order valence-corrected chi connectivity index (χ0v) is 14.3. The molecule has 1 amide bonds. The fourth-order valence-corrected chi connectivity index (χ4v) is 2.30. The van der Waals surface area contributed by atoms with Gasteiger partial charge >= 0.3 is 5.97 Å². The van der Waals surface area contributed by atoms with Crippen molar-refractivity contribution < 1.29 is 14.3 Å². The summed E-state index contributed by atoms with van der Waals surface area (Å²) in [7, 11) is 0. The van der Waals surface area contributed by atoms with E-state index >= 15 is 0 Å². The number of esters is 1. The highest BCUT2D eigenvalue weighted by Gasteiger charge is 2.13. The summed E-state index contributed by atoms with van der Waals surface area (Å²) in [6.07, 6.45) is 0. The monoisotopic (exact) mass is 346 g/mol. The number of ether oxygens (including phenoxy) is 1. The van der Waals surface area contributed by atoms with Crippen molar-refractivity contribution in [3.8, 4) is 0 Å². The number of nitrogen functional groups attached to an aromatic ring is 1. The lowest BCUT2D eigenvalue weighted by molar-refractivity contribution is -0.119. The molecule has 6 heteroatoms. The number of carbonyl (C=O) groups excluding carboxylic acids is 2. The Morgan fingerprint density at radius 2 is 1.92 bits per heavy atom. The van der Waals surface area contributed by atoms with E-state index in [-0.39, 0.29) is 23.8 Å². The Hall–Kier alpha value is -2.53. The number of rotatable bonds is 5. The maximum Gasteiger partial charge on any atom is 0.338 e. The minimum Gasteiger partial charge on any atom is -0.452 e. The molecule has 2 rings (SSSR count). The first-order valence-corrected chi connectivity index (χ1v) is 7.87. The fraction of sp³-hybridized carbons (Fsp3) is 0.222. The molecule has 0 bridgehead atoms. The highest BCUT2D eigenvalue weighted by Crippen LogP contribution is 2.23. The smallest absolute Gasteiger partial charge is 0.338 e. The molecule has 0 spiro atoms. The van der Waals surface area contributed by atoms with Crippen molar-refractivity contribution in [2.45, 2.75) is 19.8 Å². The molecular weight excluding hydrogens is 328 g/mol. The van der Waals surface area contributed by atoms with Crippen molar-refractivity contribution in [2.75, 3.05) is 17.7 Å². The van der Waals surface area contributed by atoms with Crippen LogP contribution in [0.3, 0.4) is 0 Å². The van der Waals surface area contributed by atoms with E-state index in [1.807, 2.05) is 38.1 Å². The Morgan fingerprint density at radius 3 is 2.58 bits per heavy atom. The van der Waals surface area contributed by atoms with Gasteiger partial charge in [0.2, 0.25) is 0 Å². The van der Waals surface area contributed by atoms with Gasteiger partial charge in [-0.3, -0.25) is 4.79 Å². The first-order chi connectivity index (χ1) is 11.4. The molecular formula is C18H19ClN2O3. The summed E-state index contributed by atoms with van der Waals surface area (Å²) in [5.41, 5.74) is 7.89. The van der Waals surface area contributed by atoms with Gasteiger partial charge in [-0.2, -0.15) is 0 Å². The van der Waals surface area contributed by atoms with Crippen LogP contribution in [-0.4, -0.2) is 18.5 Å². The normalized spacial score (nSPS) is 10.5. The molecule has 0 aliphatic rings. The van der Waals surface area contributed by atoms with Crippen LogP contribution in [0.25, 0.3) is 0 Å². The molecule has 0 saturated heterocycles. The average Bonchev–Trinajstić information content (AvgIpc) is 2.55. The Labute approximate surface area is 145 Å². The predicted octanol–water partition coefficient (Wildman–Crippen LogP) is 3.84. The number of nitrogens with one attached hydrogen (secondary N) is 1. The van der Waals surface area contributed by atoms with Gasteiger partial charge in [0.15, 0.2) is 6.61 Å². The number of halogens is 1. The van der Waals surface area contributed by atoms with Crippen LogP contribution in [0, 0.1) is 0 Å². The molecule has 5 nitrogen and oxygen atoms in total. The zero-order chi connectivity index (χ0) is 17.7. The topological polar surface area (TPSA) is 81.4 Å². The number of carbonyl (C=O) groups is 2. The third-order valence-corrected chi connectivity index (χ3v) is 3.77. The number of amides is 1. The lowest BCUT2D eigenvalue weighted by Crippen LogP contribution is -2.21. The quantitative estimate of drug-likeness (QED) is 0.636. The summed E-state index contributed by atoms with van der Waals surface area (Å²) >= 11 is 5.80. The van der Waals surface area contributed by atoms with Crippen molar-refractivity contribution in [1.29, 1.82) is 0 Å². The predicted molar refractivity (Wildman–Crippen MR) is 95.3 cm³/mol. The largest absolute Gasteiger partial charge is 0.452 e. The summed E-state index contributed by atoms with van der Waals surface area (Å²) < 4.78 is 5.01. The van der Waals surface area contributed by atoms with Crippen molar-refractivity contribution in [3.05, 3.63) is 58.6 Å². The molecule has 2 aromatic carbocycles. The van der Waals surface area contributed by atoms with E-state index in [0.29, 0.717) is 10.7 Å². The average molecular weight is 347 g/mol. The minimum absolute atomic E-state index is 0.243. The second-order valence-corrected chi connectivity index (χ2v) is 6.01. The Morgan fingerprint density at radius 1 is 1.21 bits per heavy atom. The first kappa shape index (κ1) is 17.8. The molecule has 0 atom stereocenters. The maximum absolute atomic E-state index is 12.0. The second-order valence-electron chi connectivity index (χ2n) is 5.60. The van der Waals surface area contributed by atoms with E-state index in [1.165, 1.54) is 18.2 Å². The van der Waals surface area contributed by atoms with Gasteiger partial charge in [-0.1, -0.05) is 43.6 Å². The summed E-state index contributed by atoms with van der Waals surface area (Å²) in [4.78, 5) is 23.9. The minimum atomic E-state index is -0.634. The lowest BCUT2D eigenvalue weighted by Gasteiger charge is -2.13. The van der Waals surface area contributed by atoms with Gasteiger partial charge in [-0.05, 0) is 35.7 Å². The van der Waals surface area contributed by atoms with Gasteiger partial charge in [0.1, 0.15) is 0 Å². The van der Waals surface area contributed by atoms with Crippen molar-refractivity contribution in [2.24, 2.45) is 0 Å². The molecule has 0 fully saturated rings. The van der Waals surface area contributed by atoms with Crippen molar-refractivity contribution >= 4 is 34.9 Å². The van der Waals surface area contributed by atoms with E-state index in [0.717, 1.165) is 5.56 Å². The van der Waals surface area contributed by atoms with Gasteiger partial charge in [-0.25, -0.2) is 4.79 Å². The Kier molecular flexibility index (Phi) is 5.82. The standard InChI is InChI=1S/C18H19ClN2O3/c1-11(2)13-5-3-4-6-16(13)21-17(22)10-24-18(23)12-7-8-14(19)15(20)9-12/h3-9,11H,10,20H2,1-2H3,(H,21,22). The maximum atomic E-state index is 12.0. The second kappa shape index (κ2) is 7.84. The molecule has 0 unspecified atom stereocenters. The highest BCUT2D eigenvalue weighted by molar-refractivity contribution is 6.33. The molecule has 0 radical (unpaired) electrons. The number of anilines is 2. The number of benzene rings is 2. The van der Waals surface area contributed by atoms with Crippen LogP contribution >= 0.6 is 11.6 Å². The number of hydrogen-bond donors (Lipinski definition) is 2. The van der Waals surface area contributed by atoms with Crippen LogP contribution in [0.1, 0.15) is 35.7 Å². The third kappa shape index (κ3) is 4.49. The van der Waals surface area contributed by atoms with Crippen LogP contribution < -0.4 is 11.1 Å². The zero-order valence-electron chi connectivity index (χ0n) is 13.5. The van der Waals surface area contributed by atoms with E-state index in [2.05, 4.69) is 5.32 Å². The molecule has 126 valence electrons. The Balaban J connectivity index is 1.96. The lowest BCUT2D eigenvalue weighted by atomic mass is 10.0. The molecule has 24 heavy (non-hydrogen) atoms. The fourth-order valence-electron chi connectivity index (χ4n) is 2.19. The van der Waals surface area contributed by atoms with Gasteiger partial charge in [0, 0.05) is 5.69 Å². The van der Waals surface area contributed by atoms with Gasteiger partial charge in [0.05, 0.1) is 16.3 Å². The van der Waals surface area contributed by atoms with Crippen molar-refractivity contribution in [3.63, 3.8) is 0 Å². The molecule has 3 N–H and O–H groups in total. The highest BCUT2D eigenvalue weighted by atomic mass is 35.5. The number of para-hydroxylation sites is 1. The van der Waals surface area contributed by atoms with Crippen LogP contribution in [0.15, 0.2) is 42.5 Å². The van der Waals surface area contributed by atoms with Crippen LogP contribution in [0.5, 0.6) is 0 Å². The van der Waals surface area contributed by atoms with Crippen LogP contribution in [0.2, 0.25) is 5.02 Å². The van der Waals surface area contributed by atoms with Crippen molar-refractivity contribution in [1.82, 2.24) is 0 Å². The third-order valence-electron chi connectivity index (χ3n) is 3.42.